The minimum Gasteiger partial charge on any atom is -0.393 e. The summed E-state index contributed by atoms with van der Waals surface area (Å²) in [7, 11) is 0. The van der Waals surface area contributed by atoms with Crippen LogP contribution in [0.3, 0.4) is 0 Å². The van der Waals surface area contributed by atoms with Crippen molar-refractivity contribution in [3.05, 3.63) is 12.2 Å². The predicted octanol–water partition coefficient (Wildman–Crippen LogP) is 7.88. The highest BCUT2D eigenvalue weighted by molar-refractivity contribution is 5.11. The molecular weight excluding hydrogens is 364 g/mol. The lowest BCUT2D eigenvalue weighted by molar-refractivity contribution is -0.128. The summed E-state index contributed by atoms with van der Waals surface area (Å²) >= 11 is 0. The van der Waals surface area contributed by atoms with E-state index in [0.29, 0.717) is 10.8 Å². The Morgan fingerprint density at radius 3 is 2.27 bits per heavy atom. The third-order valence-electron chi connectivity index (χ3n) is 11.3. The van der Waals surface area contributed by atoms with Gasteiger partial charge < -0.3 is 5.11 Å². The summed E-state index contributed by atoms with van der Waals surface area (Å²) in [5.41, 5.74) is 1.07. The Labute approximate surface area is 187 Å². The van der Waals surface area contributed by atoms with E-state index in [1.54, 1.807) is 0 Å². The molecule has 0 heterocycles. The van der Waals surface area contributed by atoms with Crippen LogP contribution in [0.2, 0.25) is 0 Å². The molecule has 4 aliphatic carbocycles. The van der Waals surface area contributed by atoms with Gasteiger partial charge in [-0.3, -0.25) is 0 Å². The van der Waals surface area contributed by atoms with Crippen LogP contribution in [0.5, 0.6) is 0 Å². The molecule has 4 aliphatic rings. The van der Waals surface area contributed by atoms with Crippen LogP contribution in [-0.2, 0) is 0 Å². The lowest BCUT2D eigenvalue weighted by Gasteiger charge is -2.61. The van der Waals surface area contributed by atoms with Gasteiger partial charge in [0.25, 0.3) is 0 Å². The van der Waals surface area contributed by atoms with E-state index in [4.69, 9.17) is 0 Å². The molecule has 0 aromatic carbocycles. The highest BCUT2D eigenvalue weighted by Crippen LogP contribution is 2.68. The van der Waals surface area contributed by atoms with Crippen LogP contribution >= 0.6 is 0 Å². The first-order valence-corrected chi connectivity index (χ1v) is 13.6. The number of aliphatic hydroxyl groups is 1. The molecule has 0 radical (unpaired) electrons. The summed E-state index contributed by atoms with van der Waals surface area (Å²) in [5.74, 6) is 6.72. The van der Waals surface area contributed by atoms with Crippen LogP contribution < -0.4 is 0 Å². The molecule has 0 saturated heterocycles. The zero-order valence-electron chi connectivity index (χ0n) is 20.9. The first-order valence-electron chi connectivity index (χ1n) is 13.6. The van der Waals surface area contributed by atoms with Crippen molar-refractivity contribution in [2.24, 2.45) is 58.2 Å². The lowest BCUT2D eigenvalue weighted by Crippen LogP contribution is -2.54. The Morgan fingerprint density at radius 1 is 0.867 bits per heavy atom. The fourth-order valence-electron chi connectivity index (χ4n) is 9.42. The Kier molecular flexibility index (Phi) is 6.53. The van der Waals surface area contributed by atoms with E-state index in [-0.39, 0.29) is 6.10 Å². The summed E-state index contributed by atoms with van der Waals surface area (Å²) in [4.78, 5) is 0. The van der Waals surface area contributed by atoms with Gasteiger partial charge >= 0.3 is 0 Å². The fourth-order valence-corrected chi connectivity index (χ4v) is 9.42. The standard InChI is InChI=1S/C29H50O/c1-7-21(19(2)3)9-8-20(4)25-12-13-26-24-11-10-22-18-23(30)14-16-28(22,5)27(24)15-17-29(25,26)6/h8-9,19-27,30H,7,10-18H2,1-6H3/b9-8+/t20-,21?,22?,23+,24+,25-,26+,27+,28+,29-/m1/s1. The van der Waals surface area contributed by atoms with Gasteiger partial charge in [0, 0.05) is 0 Å². The zero-order valence-corrected chi connectivity index (χ0v) is 20.9. The summed E-state index contributed by atoms with van der Waals surface area (Å²) in [6, 6.07) is 0. The summed E-state index contributed by atoms with van der Waals surface area (Å²) < 4.78 is 0. The number of rotatable bonds is 5. The Balaban J connectivity index is 1.49. The molecule has 0 aliphatic heterocycles. The molecule has 10 atom stereocenters. The average molecular weight is 415 g/mol. The van der Waals surface area contributed by atoms with Crippen LogP contribution in [0.4, 0.5) is 0 Å². The fraction of sp³-hybridized carbons (Fsp3) is 0.931. The molecule has 30 heavy (non-hydrogen) atoms. The van der Waals surface area contributed by atoms with Gasteiger partial charge in [-0.1, -0.05) is 53.7 Å². The molecule has 2 unspecified atom stereocenters. The second-order valence-electron chi connectivity index (χ2n) is 12.9. The molecular formula is C29H50O. The second kappa shape index (κ2) is 8.57. The van der Waals surface area contributed by atoms with Gasteiger partial charge in [-0.2, -0.15) is 0 Å². The quantitative estimate of drug-likeness (QED) is 0.454. The van der Waals surface area contributed by atoms with Crippen LogP contribution in [0.1, 0.15) is 106 Å². The number of allylic oxidation sites excluding steroid dienone is 2. The van der Waals surface area contributed by atoms with Gasteiger partial charge in [-0.15, -0.1) is 0 Å². The largest absolute Gasteiger partial charge is 0.393 e. The molecule has 0 amide bonds. The third kappa shape index (κ3) is 3.74. The van der Waals surface area contributed by atoms with Crippen LogP contribution in [0.15, 0.2) is 12.2 Å². The van der Waals surface area contributed by atoms with Crippen molar-refractivity contribution in [3.63, 3.8) is 0 Å². The Hall–Kier alpha value is -0.300. The monoisotopic (exact) mass is 414 g/mol. The first kappa shape index (κ1) is 22.9. The highest BCUT2D eigenvalue weighted by atomic mass is 16.3. The lowest BCUT2D eigenvalue weighted by atomic mass is 9.44. The molecule has 0 bridgehead atoms. The normalized spacial score (nSPS) is 48.3. The molecule has 0 aromatic heterocycles. The van der Waals surface area contributed by atoms with E-state index in [1.807, 2.05) is 0 Å². The number of fused-ring (bicyclic) bond motifs is 5. The van der Waals surface area contributed by atoms with Crippen LogP contribution in [-0.4, -0.2) is 11.2 Å². The highest BCUT2D eigenvalue weighted by Gasteiger charge is 2.60. The summed E-state index contributed by atoms with van der Waals surface area (Å²) in [6.45, 7) is 14.9. The summed E-state index contributed by atoms with van der Waals surface area (Å²) in [6.07, 6.45) is 18.5. The van der Waals surface area contributed by atoms with Gasteiger partial charge in [0.05, 0.1) is 6.10 Å². The molecule has 1 heteroatoms. The van der Waals surface area contributed by atoms with Crippen molar-refractivity contribution < 1.29 is 5.11 Å². The van der Waals surface area contributed by atoms with Crippen molar-refractivity contribution in [3.8, 4) is 0 Å². The van der Waals surface area contributed by atoms with Crippen molar-refractivity contribution in [2.75, 3.05) is 0 Å². The van der Waals surface area contributed by atoms with E-state index in [1.165, 1.54) is 51.4 Å². The van der Waals surface area contributed by atoms with Gasteiger partial charge in [-0.05, 0) is 122 Å². The first-order chi connectivity index (χ1) is 14.2. The molecule has 1 nitrogen and oxygen atoms in total. The van der Waals surface area contributed by atoms with Gasteiger partial charge in [0.1, 0.15) is 0 Å². The minimum absolute atomic E-state index is 0.0187. The van der Waals surface area contributed by atoms with Crippen molar-refractivity contribution in [1.82, 2.24) is 0 Å². The van der Waals surface area contributed by atoms with Crippen molar-refractivity contribution in [1.29, 1.82) is 0 Å². The van der Waals surface area contributed by atoms with Gasteiger partial charge in [0.15, 0.2) is 0 Å². The zero-order chi connectivity index (χ0) is 21.7. The number of aliphatic hydroxyl groups excluding tert-OH is 1. The number of hydrogen-bond donors (Lipinski definition) is 1. The minimum atomic E-state index is -0.0187. The van der Waals surface area contributed by atoms with Crippen LogP contribution in [0.25, 0.3) is 0 Å². The summed E-state index contributed by atoms with van der Waals surface area (Å²) in [5, 5.41) is 10.3. The molecule has 4 saturated carbocycles. The second-order valence-corrected chi connectivity index (χ2v) is 12.9. The van der Waals surface area contributed by atoms with Crippen LogP contribution in [0, 0.1) is 58.2 Å². The van der Waals surface area contributed by atoms with E-state index < -0.39 is 0 Å². The van der Waals surface area contributed by atoms with E-state index in [0.717, 1.165) is 60.2 Å². The van der Waals surface area contributed by atoms with Crippen molar-refractivity contribution in [2.45, 2.75) is 112 Å². The molecule has 4 fully saturated rings. The Bertz CT molecular complexity index is 622. The third-order valence-corrected chi connectivity index (χ3v) is 11.3. The smallest absolute Gasteiger partial charge is 0.0543 e. The molecule has 172 valence electrons. The van der Waals surface area contributed by atoms with E-state index in [2.05, 4.69) is 53.7 Å². The maximum absolute atomic E-state index is 10.3. The topological polar surface area (TPSA) is 20.2 Å². The average Bonchev–Trinajstić information content (AvgIpc) is 3.06. The number of hydrogen-bond acceptors (Lipinski definition) is 1. The van der Waals surface area contributed by atoms with Gasteiger partial charge in [0.2, 0.25) is 0 Å². The maximum Gasteiger partial charge on any atom is 0.0543 e. The van der Waals surface area contributed by atoms with Crippen molar-refractivity contribution >= 4 is 0 Å². The molecule has 0 spiro atoms. The van der Waals surface area contributed by atoms with Gasteiger partial charge in [-0.25, -0.2) is 0 Å². The molecule has 1 N–H and O–H groups in total. The molecule has 4 rings (SSSR count). The SMILES string of the molecule is CCC(/C=C/[C@@H](C)[C@H]1CC[C@H]2[C@@H]3CCC4C[C@@H](O)CC[C@]4(C)[C@H]3CC[C@]12C)C(C)C. The van der Waals surface area contributed by atoms with E-state index >= 15 is 0 Å². The molecule has 0 aromatic rings. The van der Waals surface area contributed by atoms with E-state index in [9.17, 15) is 5.11 Å². The predicted molar refractivity (Wildman–Crippen MR) is 128 cm³/mol. The maximum atomic E-state index is 10.3. The Morgan fingerprint density at radius 2 is 1.57 bits per heavy atom.